The molecule has 0 saturated carbocycles. The van der Waals surface area contributed by atoms with E-state index >= 15 is 0 Å². The number of hydrogen-bond acceptors (Lipinski definition) is 2. The number of nitrogens with one attached hydrogen (secondary N) is 1. The number of likely N-dealkylation sites (tertiary alicyclic amines) is 1. The fraction of sp³-hybridized carbons (Fsp3) is 0.435. The Kier molecular flexibility index (Phi) is 6.56. The summed E-state index contributed by atoms with van der Waals surface area (Å²) in [5, 5.41) is 4.02. The quantitative estimate of drug-likeness (QED) is 0.782. The van der Waals surface area contributed by atoms with Crippen LogP contribution >= 0.6 is 11.6 Å². The second kappa shape index (κ2) is 8.90. The number of piperidine rings is 1. The molecular weight excluding hydrogens is 356 g/mol. The standard InChI is InChI=1S/C23H29ClN2O/c1-16-10-11-19(13-17(16)2)18(3)25-23(27)21-8-6-12-26(15-21)14-20-7-4-5-9-22(20)24/h4-5,7,9-11,13,18,21H,6,8,12,14-15H2,1-3H3,(H,25,27). The highest BCUT2D eigenvalue weighted by molar-refractivity contribution is 6.31. The summed E-state index contributed by atoms with van der Waals surface area (Å²) in [6.45, 7) is 8.89. The highest BCUT2D eigenvalue weighted by Gasteiger charge is 2.27. The van der Waals surface area contributed by atoms with Gasteiger partial charge in [0.05, 0.1) is 12.0 Å². The van der Waals surface area contributed by atoms with E-state index in [0.29, 0.717) is 0 Å². The minimum Gasteiger partial charge on any atom is -0.349 e. The zero-order valence-corrected chi connectivity index (χ0v) is 17.2. The van der Waals surface area contributed by atoms with E-state index in [1.807, 2.05) is 18.2 Å². The van der Waals surface area contributed by atoms with Crippen molar-refractivity contribution in [3.8, 4) is 0 Å². The van der Waals surface area contributed by atoms with Gasteiger partial charge in [0.2, 0.25) is 5.91 Å². The van der Waals surface area contributed by atoms with Gasteiger partial charge >= 0.3 is 0 Å². The summed E-state index contributed by atoms with van der Waals surface area (Å²) in [6.07, 6.45) is 1.99. The monoisotopic (exact) mass is 384 g/mol. The van der Waals surface area contributed by atoms with Gasteiger partial charge in [0.15, 0.2) is 0 Å². The normalized spacial score (nSPS) is 18.9. The Hall–Kier alpha value is -1.84. The molecule has 1 N–H and O–H groups in total. The van der Waals surface area contributed by atoms with Crippen LogP contribution in [-0.2, 0) is 11.3 Å². The van der Waals surface area contributed by atoms with Crippen LogP contribution < -0.4 is 5.32 Å². The van der Waals surface area contributed by atoms with Crippen molar-refractivity contribution in [2.24, 2.45) is 5.92 Å². The summed E-state index contributed by atoms with van der Waals surface area (Å²) in [5.74, 6) is 0.194. The van der Waals surface area contributed by atoms with E-state index < -0.39 is 0 Å². The van der Waals surface area contributed by atoms with Crippen LogP contribution in [0.3, 0.4) is 0 Å². The molecule has 27 heavy (non-hydrogen) atoms. The van der Waals surface area contributed by atoms with Crippen molar-refractivity contribution < 1.29 is 4.79 Å². The molecule has 2 unspecified atom stereocenters. The molecule has 3 rings (SSSR count). The molecule has 1 heterocycles. The lowest BCUT2D eigenvalue weighted by atomic mass is 9.95. The fourth-order valence-corrected chi connectivity index (χ4v) is 3.92. The molecule has 1 fully saturated rings. The van der Waals surface area contributed by atoms with Crippen molar-refractivity contribution in [2.75, 3.05) is 13.1 Å². The number of halogens is 1. The van der Waals surface area contributed by atoms with Crippen LogP contribution in [0.15, 0.2) is 42.5 Å². The zero-order chi connectivity index (χ0) is 19.4. The molecule has 2 atom stereocenters. The van der Waals surface area contributed by atoms with E-state index in [-0.39, 0.29) is 17.9 Å². The molecule has 4 heteroatoms. The summed E-state index contributed by atoms with van der Waals surface area (Å²) in [6, 6.07) is 14.4. The first-order valence-corrected chi connectivity index (χ1v) is 10.1. The lowest BCUT2D eigenvalue weighted by molar-refractivity contribution is -0.127. The number of carbonyl (C=O) groups is 1. The molecule has 3 nitrogen and oxygen atoms in total. The first kappa shape index (κ1) is 19.9. The third kappa shape index (κ3) is 5.12. The summed E-state index contributed by atoms with van der Waals surface area (Å²) < 4.78 is 0. The predicted octanol–water partition coefficient (Wildman–Crippen LogP) is 5.05. The molecule has 0 aromatic heterocycles. The number of nitrogens with zero attached hydrogens (tertiary/aromatic N) is 1. The molecule has 0 aliphatic carbocycles. The number of carbonyl (C=O) groups excluding carboxylic acids is 1. The summed E-state index contributed by atoms with van der Waals surface area (Å²) in [4.78, 5) is 15.2. The number of rotatable bonds is 5. The topological polar surface area (TPSA) is 32.3 Å². The van der Waals surface area contributed by atoms with Gasteiger partial charge in [0.1, 0.15) is 0 Å². The smallest absolute Gasteiger partial charge is 0.224 e. The predicted molar refractivity (Wildman–Crippen MR) is 112 cm³/mol. The van der Waals surface area contributed by atoms with Crippen LogP contribution in [0.4, 0.5) is 0 Å². The maximum Gasteiger partial charge on any atom is 0.224 e. The van der Waals surface area contributed by atoms with Gasteiger partial charge in [0, 0.05) is 18.1 Å². The van der Waals surface area contributed by atoms with Crippen molar-refractivity contribution >= 4 is 17.5 Å². The maximum absolute atomic E-state index is 12.8. The first-order chi connectivity index (χ1) is 12.9. The van der Waals surface area contributed by atoms with Crippen LogP contribution in [0, 0.1) is 19.8 Å². The van der Waals surface area contributed by atoms with E-state index in [2.05, 4.69) is 55.3 Å². The molecular formula is C23H29ClN2O. The van der Waals surface area contributed by atoms with E-state index in [1.54, 1.807) is 0 Å². The van der Waals surface area contributed by atoms with Crippen molar-refractivity contribution in [2.45, 2.75) is 46.2 Å². The Morgan fingerprint density at radius 1 is 1.22 bits per heavy atom. The molecule has 1 aliphatic heterocycles. The van der Waals surface area contributed by atoms with Gasteiger partial charge < -0.3 is 5.32 Å². The van der Waals surface area contributed by atoms with Crippen LogP contribution in [0.2, 0.25) is 5.02 Å². The third-order valence-electron chi connectivity index (χ3n) is 5.62. The molecule has 2 aromatic carbocycles. The highest BCUT2D eigenvalue weighted by Crippen LogP contribution is 2.23. The molecule has 1 aliphatic rings. The molecule has 0 radical (unpaired) electrons. The van der Waals surface area contributed by atoms with E-state index in [4.69, 9.17) is 11.6 Å². The number of aryl methyl sites for hydroxylation is 2. The first-order valence-electron chi connectivity index (χ1n) is 9.77. The minimum atomic E-state index is 0.0238. The van der Waals surface area contributed by atoms with Gasteiger partial charge in [0.25, 0.3) is 0 Å². The Morgan fingerprint density at radius 2 is 2.00 bits per heavy atom. The third-order valence-corrected chi connectivity index (χ3v) is 5.99. The van der Waals surface area contributed by atoms with E-state index in [9.17, 15) is 4.79 Å². The zero-order valence-electron chi connectivity index (χ0n) is 16.5. The highest BCUT2D eigenvalue weighted by atomic mass is 35.5. The van der Waals surface area contributed by atoms with Crippen LogP contribution in [-0.4, -0.2) is 23.9 Å². The van der Waals surface area contributed by atoms with Gasteiger partial charge in [-0.2, -0.15) is 0 Å². The minimum absolute atomic E-state index is 0.0238. The molecule has 2 aromatic rings. The molecule has 0 bridgehead atoms. The lowest BCUT2D eigenvalue weighted by Gasteiger charge is -2.33. The second-order valence-electron chi connectivity index (χ2n) is 7.74. The van der Waals surface area contributed by atoms with Crippen molar-refractivity contribution in [1.29, 1.82) is 0 Å². The SMILES string of the molecule is Cc1ccc(C(C)NC(=O)C2CCCN(Cc3ccccc3Cl)C2)cc1C. The number of benzene rings is 2. The average Bonchev–Trinajstić information content (AvgIpc) is 2.66. The van der Waals surface area contributed by atoms with Crippen LogP contribution in [0.25, 0.3) is 0 Å². The average molecular weight is 385 g/mol. The second-order valence-corrected chi connectivity index (χ2v) is 8.15. The summed E-state index contributed by atoms with van der Waals surface area (Å²) >= 11 is 6.30. The number of amides is 1. The van der Waals surface area contributed by atoms with Gasteiger partial charge in [-0.05, 0) is 68.5 Å². The van der Waals surface area contributed by atoms with E-state index in [0.717, 1.165) is 48.6 Å². The van der Waals surface area contributed by atoms with Gasteiger partial charge in [-0.1, -0.05) is 48.0 Å². The summed E-state index contributed by atoms with van der Waals surface area (Å²) in [7, 11) is 0. The largest absolute Gasteiger partial charge is 0.349 e. The van der Waals surface area contributed by atoms with Gasteiger partial charge in [-0.25, -0.2) is 0 Å². The maximum atomic E-state index is 12.8. The summed E-state index contributed by atoms with van der Waals surface area (Å²) in [5.41, 5.74) is 4.83. The van der Waals surface area contributed by atoms with Crippen LogP contribution in [0.1, 0.15) is 48.1 Å². The van der Waals surface area contributed by atoms with Crippen LogP contribution in [0.5, 0.6) is 0 Å². The van der Waals surface area contributed by atoms with Crippen molar-refractivity contribution in [3.05, 3.63) is 69.7 Å². The Labute approximate surface area is 167 Å². The number of hydrogen-bond donors (Lipinski definition) is 1. The van der Waals surface area contributed by atoms with Gasteiger partial charge in [-0.15, -0.1) is 0 Å². The lowest BCUT2D eigenvalue weighted by Crippen LogP contribution is -2.43. The van der Waals surface area contributed by atoms with Crippen molar-refractivity contribution in [1.82, 2.24) is 10.2 Å². The molecule has 1 saturated heterocycles. The molecule has 1 amide bonds. The van der Waals surface area contributed by atoms with Gasteiger partial charge in [-0.3, -0.25) is 9.69 Å². The van der Waals surface area contributed by atoms with E-state index in [1.165, 1.54) is 11.1 Å². The Morgan fingerprint density at radius 3 is 2.74 bits per heavy atom. The van der Waals surface area contributed by atoms with Crippen molar-refractivity contribution in [3.63, 3.8) is 0 Å². The Bertz CT molecular complexity index is 805. The fourth-order valence-electron chi connectivity index (χ4n) is 3.73. The molecule has 0 spiro atoms. The Balaban J connectivity index is 1.59. The molecule has 144 valence electrons.